The maximum absolute atomic E-state index is 13.5. The van der Waals surface area contributed by atoms with E-state index in [1.165, 1.54) is 6.92 Å². The number of aliphatic carboxylic acids is 1. The number of nitrogens with two attached hydrogens (primary N) is 1. The summed E-state index contributed by atoms with van der Waals surface area (Å²) in [6.45, 7) is 4.99. The number of hydrogen-bond acceptors (Lipinski definition) is 6. The zero-order valence-electron chi connectivity index (χ0n) is 25.5. The Morgan fingerprint density at radius 2 is 1.38 bits per heavy atom. The van der Waals surface area contributed by atoms with Gasteiger partial charge in [0.1, 0.15) is 18.1 Å². The van der Waals surface area contributed by atoms with Gasteiger partial charge in [-0.15, -0.1) is 0 Å². The number of H-pyrrole nitrogens is 1. The van der Waals surface area contributed by atoms with Crippen LogP contribution in [0.1, 0.15) is 44.7 Å². The predicted octanol–water partition coefficient (Wildman–Crippen LogP) is 1.72. The van der Waals surface area contributed by atoms with E-state index in [1.807, 2.05) is 68.4 Å². The number of rotatable bonds is 16. The number of benzene rings is 2. The van der Waals surface area contributed by atoms with Crippen LogP contribution in [0.15, 0.2) is 60.8 Å². The highest BCUT2D eigenvalue weighted by Crippen LogP contribution is 2.19. The molecular weight excluding hydrogens is 596 g/mol. The summed E-state index contributed by atoms with van der Waals surface area (Å²) in [5.41, 5.74) is 8.38. The second kappa shape index (κ2) is 16.3. The number of carbonyl (C=O) groups is 5. The molecule has 240 valence electrons. The van der Waals surface area contributed by atoms with Crippen LogP contribution in [0, 0.1) is 5.92 Å². The molecule has 4 atom stereocenters. The van der Waals surface area contributed by atoms with Gasteiger partial charge in [-0.3, -0.25) is 24.0 Å². The maximum Gasteiger partial charge on any atom is 0.305 e. The molecule has 0 aliphatic heterocycles. The monoisotopic (exact) mass is 636 g/mol. The van der Waals surface area contributed by atoms with E-state index in [9.17, 15) is 29.1 Å². The van der Waals surface area contributed by atoms with E-state index in [2.05, 4.69) is 26.3 Å². The molecule has 0 spiro atoms. The first kappa shape index (κ1) is 34.7. The van der Waals surface area contributed by atoms with Gasteiger partial charge in [0.25, 0.3) is 0 Å². The number of para-hydroxylation sites is 1. The molecule has 0 aliphatic carbocycles. The van der Waals surface area contributed by atoms with E-state index in [0.29, 0.717) is 0 Å². The average Bonchev–Trinajstić information content (AvgIpc) is 3.38. The van der Waals surface area contributed by atoms with Gasteiger partial charge >= 0.3 is 5.97 Å². The third-order valence-electron chi connectivity index (χ3n) is 7.09. The molecule has 4 amide bonds. The van der Waals surface area contributed by atoms with E-state index < -0.39 is 60.2 Å². The van der Waals surface area contributed by atoms with Crippen LogP contribution in [0.5, 0.6) is 0 Å². The molecule has 0 radical (unpaired) electrons. The number of carboxylic acid groups (broad SMARTS) is 1. The molecule has 1 aromatic heterocycles. The van der Waals surface area contributed by atoms with Crippen molar-refractivity contribution in [2.75, 3.05) is 0 Å². The van der Waals surface area contributed by atoms with E-state index >= 15 is 0 Å². The van der Waals surface area contributed by atoms with E-state index in [-0.39, 0.29) is 30.2 Å². The van der Waals surface area contributed by atoms with Crippen molar-refractivity contribution in [3.05, 3.63) is 71.9 Å². The topological polar surface area (TPSA) is 196 Å². The lowest BCUT2D eigenvalue weighted by atomic mass is 10.00. The summed E-state index contributed by atoms with van der Waals surface area (Å²) in [6, 6.07) is 12.3. The van der Waals surface area contributed by atoms with Gasteiger partial charge in [0.2, 0.25) is 23.6 Å². The van der Waals surface area contributed by atoms with E-state index in [0.717, 1.165) is 22.0 Å². The van der Waals surface area contributed by atoms with Crippen LogP contribution in [0.3, 0.4) is 0 Å². The Morgan fingerprint density at radius 3 is 2.00 bits per heavy atom. The number of amides is 4. The smallest absolute Gasteiger partial charge is 0.305 e. The van der Waals surface area contributed by atoms with Crippen LogP contribution in [0.25, 0.3) is 10.9 Å². The fourth-order valence-corrected chi connectivity index (χ4v) is 5.09. The Labute approximate surface area is 266 Å². The zero-order chi connectivity index (χ0) is 33.1. The summed E-state index contributed by atoms with van der Waals surface area (Å²) in [6.07, 6.45) is 1.64. The number of carboxylic acids is 1. The number of nitrogens with one attached hydrogen (secondary N) is 5. The van der Waals surface area contributed by atoms with Crippen molar-refractivity contribution < 1.29 is 29.1 Å². The molecule has 0 bridgehead atoms. The van der Waals surface area contributed by atoms with Crippen LogP contribution < -0.4 is 27.0 Å². The van der Waals surface area contributed by atoms with Crippen molar-refractivity contribution in [1.82, 2.24) is 26.3 Å². The molecule has 3 aromatic rings. The molecule has 0 unspecified atom stereocenters. The minimum absolute atomic E-state index is 0.00299. The standard InChI is InChI=1S/C32H40N6O6S/c1-18(2)13-25(37-31(43)26(35-19(3)39)15-21-17-34-23-12-8-7-11-22(21)23)30(42)38-27(16-28(40)41)32(44)36-24(29(33)45)14-20-9-5-4-6-10-20/h4-12,17-18,24-27,34H,13-16H2,1-3H3,(H2,33,45)(H,35,39)(H,36,44)(H,37,43)(H,38,42)(H,40,41)/t24-,25-,26-,27-/m0/s1. The lowest BCUT2D eigenvalue weighted by Crippen LogP contribution is -2.58. The van der Waals surface area contributed by atoms with Crippen molar-refractivity contribution in [1.29, 1.82) is 0 Å². The number of aromatic nitrogens is 1. The van der Waals surface area contributed by atoms with Gasteiger partial charge in [-0.25, -0.2) is 0 Å². The molecule has 13 heteroatoms. The molecule has 45 heavy (non-hydrogen) atoms. The van der Waals surface area contributed by atoms with Crippen LogP contribution in [0.4, 0.5) is 0 Å². The summed E-state index contributed by atoms with van der Waals surface area (Å²) in [7, 11) is 0. The van der Waals surface area contributed by atoms with Gasteiger partial charge in [-0.2, -0.15) is 0 Å². The zero-order valence-corrected chi connectivity index (χ0v) is 26.3. The second-order valence-corrected chi connectivity index (χ2v) is 11.8. The molecule has 2 aromatic carbocycles. The van der Waals surface area contributed by atoms with Crippen molar-refractivity contribution in [3.63, 3.8) is 0 Å². The SMILES string of the molecule is CC(=O)N[C@@H](Cc1c[nH]c2ccccc12)C(=O)N[C@@H](CC(C)C)C(=O)N[C@@H](CC(=O)O)C(=O)N[C@@H](Cc1ccccc1)C(N)=S. The van der Waals surface area contributed by atoms with Crippen molar-refractivity contribution in [2.24, 2.45) is 11.7 Å². The van der Waals surface area contributed by atoms with Crippen LogP contribution in [0.2, 0.25) is 0 Å². The predicted molar refractivity (Wildman–Crippen MR) is 174 cm³/mol. The van der Waals surface area contributed by atoms with Gasteiger partial charge in [-0.1, -0.05) is 74.6 Å². The number of fused-ring (bicyclic) bond motifs is 1. The third kappa shape index (κ3) is 10.7. The molecule has 8 N–H and O–H groups in total. The minimum Gasteiger partial charge on any atom is -0.481 e. The summed E-state index contributed by atoms with van der Waals surface area (Å²) in [5.74, 6) is -3.95. The van der Waals surface area contributed by atoms with Crippen molar-refractivity contribution >= 4 is 57.7 Å². The lowest BCUT2D eigenvalue weighted by Gasteiger charge is -2.26. The van der Waals surface area contributed by atoms with Crippen LogP contribution in [-0.4, -0.2) is 68.8 Å². The van der Waals surface area contributed by atoms with Crippen molar-refractivity contribution in [2.45, 2.75) is 70.6 Å². The molecule has 0 fully saturated rings. The van der Waals surface area contributed by atoms with Gasteiger partial charge < -0.3 is 37.1 Å². The Morgan fingerprint density at radius 1 is 0.800 bits per heavy atom. The summed E-state index contributed by atoms with van der Waals surface area (Å²) < 4.78 is 0. The second-order valence-electron chi connectivity index (χ2n) is 11.3. The Hall–Kier alpha value is -4.78. The van der Waals surface area contributed by atoms with E-state index in [4.69, 9.17) is 18.0 Å². The molecular formula is C32H40N6O6S. The Balaban J connectivity index is 1.77. The highest BCUT2D eigenvalue weighted by Gasteiger charge is 2.32. The molecule has 12 nitrogen and oxygen atoms in total. The quantitative estimate of drug-likeness (QED) is 0.115. The maximum atomic E-state index is 13.5. The largest absolute Gasteiger partial charge is 0.481 e. The van der Waals surface area contributed by atoms with Gasteiger partial charge in [0.15, 0.2) is 0 Å². The number of hydrogen-bond donors (Lipinski definition) is 7. The third-order valence-corrected chi connectivity index (χ3v) is 7.37. The summed E-state index contributed by atoms with van der Waals surface area (Å²) >= 11 is 5.13. The first-order valence-electron chi connectivity index (χ1n) is 14.6. The number of thiocarbonyl (C=S) groups is 1. The molecule has 1 heterocycles. The van der Waals surface area contributed by atoms with Crippen molar-refractivity contribution in [3.8, 4) is 0 Å². The number of aromatic amines is 1. The summed E-state index contributed by atoms with van der Waals surface area (Å²) in [4.78, 5) is 67.1. The fraction of sp³-hybridized carbons (Fsp3) is 0.375. The Kier molecular flexibility index (Phi) is 12.6. The molecule has 0 aliphatic rings. The Bertz CT molecular complexity index is 1520. The van der Waals surface area contributed by atoms with Gasteiger partial charge in [0, 0.05) is 30.4 Å². The first-order valence-corrected chi connectivity index (χ1v) is 15.0. The number of carbonyl (C=O) groups excluding carboxylic acids is 4. The normalized spacial score (nSPS) is 13.7. The average molecular weight is 637 g/mol. The highest BCUT2D eigenvalue weighted by atomic mass is 32.1. The fourth-order valence-electron chi connectivity index (χ4n) is 4.95. The molecule has 0 saturated carbocycles. The minimum atomic E-state index is -1.48. The highest BCUT2D eigenvalue weighted by molar-refractivity contribution is 7.80. The molecule has 0 saturated heterocycles. The first-order chi connectivity index (χ1) is 21.3. The van der Waals surface area contributed by atoms with Gasteiger partial charge in [0.05, 0.1) is 17.5 Å². The molecule has 3 rings (SSSR count). The lowest BCUT2D eigenvalue weighted by molar-refractivity contribution is -0.141. The van der Waals surface area contributed by atoms with Crippen LogP contribution >= 0.6 is 12.2 Å². The van der Waals surface area contributed by atoms with E-state index in [1.54, 1.807) is 6.20 Å². The van der Waals surface area contributed by atoms with Crippen LogP contribution in [-0.2, 0) is 36.8 Å². The summed E-state index contributed by atoms with van der Waals surface area (Å²) in [5, 5.41) is 20.9. The van der Waals surface area contributed by atoms with Gasteiger partial charge in [-0.05, 0) is 36.0 Å².